The highest BCUT2D eigenvalue weighted by atomic mass is 35.5. The fourth-order valence-corrected chi connectivity index (χ4v) is 4.16. The van der Waals surface area contributed by atoms with Crippen LogP contribution in [-0.4, -0.2) is 32.8 Å². The average molecular weight is 543 g/mol. The summed E-state index contributed by atoms with van der Waals surface area (Å²) in [6.07, 6.45) is 3.32. The maximum absolute atomic E-state index is 13.4. The topological polar surface area (TPSA) is 80.4 Å². The van der Waals surface area contributed by atoms with Crippen molar-refractivity contribution in [3.63, 3.8) is 0 Å². The van der Waals surface area contributed by atoms with E-state index in [2.05, 4.69) is 10.3 Å². The minimum Gasteiger partial charge on any atom is -0.467 e. The second kappa shape index (κ2) is 11.4. The number of carbonyl (C=O) groups is 2. The Morgan fingerprint density at radius 2 is 1.72 bits per heavy atom. The second-order valence-electron chi connectivity index (χ2n) is 8.96. The second-order valence-corrected chi connectivity index (χ2v) is 9.39. The van der Waals surface area contributed by atoms with Gasteiger partial charge in [-0.2, -0.15) is 0 Å². The van der Waals surface area contributed by atoms with Crippen molar-refractivity contribution in [3.8, 4) is 16.9 Å². The summed E-state index contributed by atoms with van der Waals surface area (Å²) in [7, 11) is 0. The molecule has 0 unspecified atom stereocenters. The van der Waals surface area contributed by atoms with Crippen molar-refractivity contribution in [2.45, 2.75) is 13.5 Å². The van der Waals surface area contributed by atoms with Crippen molar-refractivity contribution in [2.24, 2.45) is 0 Å². The summed E-state index contributed by atoms with van der Waals surface area (Å²) < 4.78 is 20.6. The average Bonchev–Trinajstić information content (AvgIpc) is 3.59. The molecule has 196 valence electrons. The standard InChI is InChI=1S/C30H24ClFN4O3/c1-20-4-14-25(15-5-20)36-18-27(21-6-10-23(31)11-7-21)33-30(36)34-28(37)19-35(17-26-3-2-16-39-26)29(38)22-8-12-24(32)13-9-22/h2-16,18H,17,19H2,1H3,(H,33,34,37). The first-order valence-electron chi connectivity index (χ1n) is 12.1. The zero-order valence-corrected chi connectivity index (χ0v) is 21.7. The summed E-state index contributed by atoms with van der Waals surface area (Å²) in [6, 6.07) is 23.6. The number of imidazole rings is 1. The Morgan fingerprint density at radius 3 is 2.38 bits per heavy atom. The molecule has 0 saturated heterocycles. The van der Waals surface area contributed by atoms with Gasteiger partial charge in [-0.3, -0.25) is 19.5 Å². The molecule has 0 bridgehead atoms. The number of hydrogen-bond acceptors (Lipinski definition) is 4. The number of furan rings is 1. The Morgan fingerprint density at radius 1 is 1.00 bits per heavy atom. The van der Waals surface area contributed by atoms with E-state index in [4.69, 9.17) is 16.0 Å². The van der Waals surface area contributed by atoms with E-state index in [9.17, 15) is 14.0 Å². The molecule has 2 heterocycles. The van der Waals surface area contributed by atoms with E-state index in [1.807, 2.05) is 49.5 Å². The Hall–Kier alpha value is -4.69. The van der Waals surface area contributed by atoms with Crippen molar-refractivity contribution >= 4 is 29.4 Å². The third-order valence-electron chi connectivity index (χ3n) is 6.05. The van der Waals surface area contributed by atoms with Crippen molar-refractivity contribution in [1.29, 1.82) is 0 Å². The van der Waals surface area contributed by atoms with Crippen LogP contribution in [0.5, 0.6) is 0 Å². The molecular formula is C30H24ClFN4O3. The van der Waals surface area contributed by atoms with Gasteiger partial charge in [0.2, 0.25) is 11.9 Å². The maximum atomic E-state index is 13.4. The molecule has 0 aliphatic heterocycles. The first-order chi connectivity index (χ1) is 18.9. The van der Waals surface area contributed by atoms with Gasteiger partial charge in [-0.05, 0) is 67.6 Å². The van der Waals surface area contributed by atoms with E-state index >= 15 is 0 Å². The summed E-state index contributed by atoms with van der Waals surface area (Å²) in [5.74, 6) is -0.560. The minimum absolute atomic E-state index is 0.0546. The van der Waals surface area contributed by atoms with Crippen molar-refractivity contribution in [3.05, 3.63) is 125 Å². The summed E-state index contributed by atoms with van der Waals surface area (Å²) in [5, 5.41) is 3.46. The molecule has 0 fully saturated rings. The molecule has 9 heteroatoms. The molecule has 0 spiro atoms. The smallest absolute Gasteiger partial charge is 0.254 e. The summed E-state index contributed by atoms with van der Waals surface area (Å²) in [4.78, 5) is 32.6. The molecule has 2 aromatic heterocycles. The van der Waals surface area contributed by atoms with Gasteiger partial charge in [0.15, 0.2) is 0 Å². The summed E-state index contributed by atoms with van der Waals surface area (Å²) >= 11 is 6.05. The summed E-state index contributed by atoms with van der Waals surface area (Å²) in [5.41, 5.74) is 3.61. The largest absolute Gasteiger partial charge is 0.467 e. The molecule has 39 heavy (non-hydrogen) atoms. The third kappa shape index (κ3) is 6.25. The van der Waals surface area contributed by atoms with Gasteiger partial charge in [-0.1, -0.05) is 41.4 Å². The highest BCUT2D eigenvalue weighted by Crippen LogP contribution is 2.26. The van der Waals surface area contributed by atoms with Crippen LogP contribution < -0.4 is 5.32 Å². The fraction of sp³-hybridized carbons (Fsp3) is 0.100. The van der Waals surface area contributed by atoms with Crippen LogP contribution in [0, 0.1) is 12.7 Å². The van der Waals surface area contributed by atoms with Gasteiger partial charge in [0.25, 0.3) is 5.91 Å². The van der Waals surface area contributed by atoms with E-state index in [1.54, 1.807) is 28.8 Å². The lowest BCUT2D eigenvalue weighted by atomic mass is 10.2. The lowest BCUT2D eigenvalue weighted by molar-refractivity contribution is -0.117. The number of aromatic nitrogens is 2. The maximum Gasteiger partial charge on any atom is 0.254 e. The normalized spacial score (nSPS) is 10.8. The van der Waals surface area contributed by atoms with Gasteiger partial charge in [-0.25, -0.2) is 9.37 Å². The SMILES string of the molecule is Cc1ccc(-n2cc(-c3ccc(Cl)cc3)nc2NC(=O)CN(Cc2ccco2)C(=O)c2ccc(F)cc2)cc1. The van der Waals surface area contributed by atoms with E-state index in [0.29, 0.717) is 22.4 Å². The Balaban J connectivity index is 1.43. The van der Waals surface area contributed by atoms with Gasteiger partial charge < -0.3 is 9.32 Å². The van der Waals surface area contributed by atoms with E-state index in [0.717, 1.165) is 16.8 Å². The number of aryl methyl sites for hydroxylation is 1. The first-order valence-corrected chi connectivity index (χ1v) is 12.5. The van der Waals surface area contributed by atoms with Crippen molar-refractivity contribution in [2.75, 3.05) is 11.9 Å². The van der Waals surface area contributed by atoms with Gasteiger partial charge in [0.1, 0.15) is 18.1 Å². The molecule has 0 aliphatic carbocycles. The number of anilines is 1. The molecule has 0 aliphatic rings. The molecule has 1 N–H and O–H groups in total. The minimum atomic E-state index is -0.460. The van der Waals surface area contributed by atoms with Gasteiger partial charge in [0, 0.05) is 28.0 Å². The number of rotatable bonds is 8. The lowest BCUT2D eigenvalue weighted by Crippen LogP contribution is -2.37. The monoisotopic (exact) mass is 542 g/mol. The van der Waals surface area contributed by atoms with Gasteiger partial charge in [0.05, 0.1) is 18.5 Å². The molecule has 5 aromatic rings. The number of halogens is 2. The van der Waals surface area contributed by atoms with E-state index < -0.39 is 17.6 Å². The Labute approximate surface area is 229 Å². The number of benzene rings is 3. The highest BCUT2D eigenvalue weighted by Gasteiger charge is 2.22. The van der Waals surface area contributed by atoms with E-state index in [1.165, 1.54) is 35.4 Å². The molecular weight excluding hydrogens is 519 g/mol. The first kappa shape index (κ1) is 25.9. The number of nitrogens with zero attached hydrogens (tertiary/aromatic N) is 3. The molecule has 3 aromatic carbocycles. The van der Waals surface area contributed by atoms with Crippen LogP contribution in [0.25, 0.3) is 16.9 Å². The van der Waals surface area contributed by atoms with Crippen LogP contribution >= 0.6 is 11.6 Å². The molecule has 0 saturated carbocycles. The number of amides is 2. The van der Waals surface area contributed by atoms with Gasteiger partial charge >= 0.3 is 0 Å². The quantitative estimate of drug-likeness (QED) is 0.242. The highest BCUT2D eigenvalue weighted by molar-refractivity contribution is 6.30. The number of nitrogens with one attached hydrogen (secondary N) is 1. The fourth-order valence-electron chi connectivity index (χ4n) is 4.03. The van der Waals surface area contributed by atoms with Crippen molar-refractivity contribution < 1.29 is 18.4 Å². The third-order valence-corrected chi connectivity index (χ3v) is 6.30. The molecule has 7 nitrogen and oxygen atoms in total. The molecule has 0 atom stereocenters. The van der Waals surface area contributed by atoms with Crippen LogP contribution in [0.2, 0.25) is 5.02 Å². The zero-order valence-electron chi connectivity index (χ0n) is 21.0. The van der Waals surface area contributed by atoms with Crippen LogP contribution in [0.4, 0.5) is 10.3 Å². The predicted octanol–water partition coefficient (Wildman–Crippen LogP) is 6.51. The van der Waals surface area contributed by atoms with Crippen LogP contribution in [0.1, 0.15) is 21.7 Å². The zero-order chi connectivity index (χ0) is 27.4. The van der Waals surface area contributed by atoms with Crippen molar-refractivity contribution in [1.82, 2.24) is 14.5 Å². The number of hydrogen-bond donors (Lipinski definition) is 1. The molecule has 5 rings (SSSR count). The number of carbonyl (C=O) groups excluding carboxylic acids is 2. The van der Waals surface area contributed by atoms with Crippen LogP contribution in [0.3, 0.4) is 0 Å². The van der Waals surface area contributed by atoms with Crippen LogP contribution in [-0.2, 0) is 11.3 Å². The van der Waals surface area contributed by atoms with E-state index in [-0.39, 0.29) is 18.7 Å². The summed E-state index contributed by atoms with van der Waals surface area (Å²) in [6.45, 7) is 1.76. The lowest BCUT2D eigenvalue weighted by Gasteiger charge is -2.21. The molecule has 2 amide bonds. The van der Waals surface area contributed by atoms with Crippen LogP contribution in [0.15, 0.2) is 102 Å². The predicted molar refractivity (Wildman–Crippen MR) is 147 cm³/mol. The Kier molecular flexibility index (Phi) is 7.56. The van der Waals surface area contributed by atoms with Gasteiger partial charge in [-0.15, -0.1) is 0 Å². The molecule has 0 radical (unpaired) electrons. The Bertz CT molecular complexity index is 1580.